The van der Waals surface area contributed by atoms with Crippen LogP contribution >= 0.6 is 0 Å². The second kappa shape index (κ2) is 5.85. The van der Waals surface area contributed by atoms with Gasteiger partial charge in [0.25, 0.3) is 0 Å². The van der Waals surface area contributed by atoms with Gasteiger partial charge in [0.1, 0.15) is 4.90 Å². The van der Waals surface area contributed by atoms with E-state index in [1.807, 2.05) is 32.9 Å². The Bertz CT molecular complexity index is 807. The van der Waals surface area contributed by atoms with E-state index >= 15 is 0 Å². The summed E-state index contributed by atoms with van der Waals surface area (Å²) in [5.41, 5.74) is 4.37. The van der Waals surface area contributed by atoms with Crippen molar-refractivity contribution in [2.75, 3.05) is 0 Å². The van der Waals surface area contributed by atoms with Gasteiger partial charge in [-0.05, 0) is 45.7 Å². The van der Waals surface area contributed by atoms with Crippen molar-refractivity contribution in [3.05, 3.63) is 46.3 Å². The van der Waals surface area contributed by atoms with E-state index in [1.165, 1.54) is 0 Å². The summed E-state index contributed by atoms with van der Waals surface area (Å²) in [5.74, 6) is 0. The third-order valence-corrected chi connectivity index (χ3v) is 5.73. The van der Waals surface area contributed by atoms with E-state index in [0.717, 1.165) is 16.7 Å². The third kappa shape index (κ3) is 3.08. The number of hydrogen-bond donors (Lipinski definition) is 1. The van der Waals surface area contributed by atoms with Gasteiger partial charge in [0.15, 0.2) is 0 Å². The lowest BCUT2D eigenvalue weighted by molar-refractivity contribution is 0.565. The zero-order valence-corrected chi connectivity index (χ0v) is 14.7. The molecule has 1 N–H and O–H groups in total. The molecule has 1 aromatic heterocycles. The van der Waals surface area contributed by atoms with Crippen LogP contribution in [0.25, 0.3) is 0 Å². The van der Waals surface area contributed by atoms with Gasteiger partial charge >= 0.3 is 0 Å². The Morgan fingerprint density at radius 3 is 2.32 bits per heavy atom. The van der Waals surface area contributed by atoms with E-state index in [2.05, 4.69) is 15.9 Å². The van der Waals surface area contributed by atoms with Crippen molar-refractivity contribution in [1.29, 1.82) is 0 Å². The lowest BCUT2D eigenvalue weighted by Gasteiger charge is -2.17. The van der Waals surface area contributed by atoms with E-state index in [-0.39, 0.29) is 10.9 Å². The molecule has 0 amide bonds. The van der Waals surface area contributed by atoms with Crippen LogP contribution in [0.5, 0.6) is 0 Å². The molecule has 2 aromatic rings. The topological polar surface area (TPSA) is 64.0 Å². The number of nitrogens with one attached hydrogen (secondary N) is 1. The summed E-state index contributed by atoms with van der Waals surface area (Å²) >= 11 is 0. The molecule has 1 heterocycles. The quantitative estimate of drug-likeness (QED) is 0.941. The van der Waals surface area contributed by atoms with Crippen LogP contribution in [-0.4, -0.2) is 18.2 Å². The van der Waals surface area contributed by atoms with Crippen LogP contribution in [0.15, 0.2) is 23.1 Å². The van der Waals surface area contributed by atoms with Gasteiger partial charge in [-0.2, -0.15) is 5.10 Å². The number of hydrogen-bond acceptors (Lipinski definition) is 3. The molecule has 1 aromatic carbocycles. The summed E-state index contributed by atoms with van der Waals surface area (Å²) < 4.78 is 29.7. The maximum absolute atomic E-state index is 12.7. The zero-order valence-electron chi connectivity index (χ0n) is 13.9. The van der Waals surface area contributed by atoms with Crippen LogP contribution in [0.4, 0.5) is 0 Å². The fourth-order valence-electron chi connectivity index (χ4n) is 2.81. The summed E-state index contributed by atoms with van der Waals surface area (Å²) in [6.07, 6.45) is 0. The second-order valence-corrected chi connectivity index (χ2v) is 7.48. The van der Waals surface area contributed by atoms with Crippen LogP contribution in [0.1, 0.15) is 41.0 Å². The summed E-state index contributed by atoms with van der Waals surface area (Å²) in [4.78, 5) is 0.270. The number of aryl methyl sites for hydroxylation is 4. The lowest BCUT2D eigenvalue weighted by Crippen LogP contribution is -2.28. The molecule has 0 spiro atoms. The molecular formula is C16H23N3O2S. The first kappa shape index (κ1) is 16.7. The van der Waals surface area contributed by atoms with Crippen molar-refractivity contribution in [1.82, 2.24) is 14.5 Å². The highest BCUT2D eigenvalue weighted by Crippen LogP contribution is 2.24. The molecule has 0 aliphatic heterocycles. The van der Waals surface area contributed by atoms with Crippen molar-refractivity contribution in [3.63, 3.8) is 0 Å². The molecule has 0 aliphatic rings. The molecule has 0 radical (unpaired) electrons. The number of aromatic nitrogens is 2. The summed E-state index contributed by atoms with van der Waals surface area (Å²) in [7, 11) is -1.86. The van der Waals surface area contributed by atoms with Gasteiger partial charge in [-0.15, -0.1) is 0 Å². The molecule has 1 atom stereocenters. The van der Waals surface area contributed by atoms with Gasteiger partial charge in [0, 0.05) is 13.1 Å². The zero-order chi connectivity index (χ0) is 16.7. The Morgan fingerprint density at radius 1 is 1.18 bits per heavy atom. The minimum atomic E-state index is -3.61. The normalized spacial score (nSPS) is 13.4. The van der Waals surface area contributed by atoms with Gasteiger partial charge in [-0.25, -0.2) is 13.1 Å². The van der Waals surface area contributed by atoms with Crippen LogP contribution in [0, 0.1) is 27.7 Å². The van der Waals surface area contributed by atoms with Gasteiger partial charge in [-0.3, -0.25) is 4.68 Å². The Morgan fingerprint density at radius 2 is 1.82 bits per heavy atom. The highest BCUT2D eigenvalue weighted by molar-refractivity contribution is 7.89. The van der Waals surface area contributed by atoms with E-state index in [1.54, 1.807) is 25.6 Å². The Labute approximate surface area is 132 Å². The Kier molecular flexibility index (Phi) is 4.44. The van der Waals surface area contributed by atoms with Gasteiger partial charge in [-0.1, -0.05) is 23.8 Å². The number of rotatable bonds is 4. The smallest absolute Gasteiger partial charge is 0.244 e. The molecule has 6 heteroatoms. The maximum Gasteiger partial charge on any atom is 0.244 e. The van der Waals surface area contributed by atoms with Crippen LogP contribution in [-0.2, 0) is 17.1 Å². The molecule has 0 aliphatic carbocycles. The molecule has 0 saturated carbocycles. The highest BCUT2D eigenvalue weighted by atomic mass is 32.2. The molecule has 5 nitrogen and oxygen atoms in total. The van der Waals surface area contributed by atoms with E-state index in [0.29, 0.717) is 11.4 Å². The summed E-state index contributed by atoms with van der Waals surface area (Å²) in [6.45, 7) is 9.34. The van der Waals surface area contributed by atoms with E-state index in [9.17, 15) is 8.42 Å². The third-order valence-electron chi connectivity index (χ3n) is 3.94. The standard InChI is InChI=1S/C16H23N3O2S/c1-10-7-8-15(11(2)9-10)12(3)18-22(20,21)16-13(4)17-19(6)14(16)5/h7-9,12,18H,1-6H3. The van der Waals surface area contributed by atoms with Crippen LogP contribution in [0.2, 0.25) is 0 Å². The van der Waals surface area contributed by atoms with Crippen LogP contribution < -0.4 is 4.72 Å². The van der Waals surface area contributed by atoms with Crippen LogP contribution in [0.3, 0.4) is 0 Å². The second-order valence-electron chi connectivity index (χ2n) is 5.83. The fraction of sp³-hybridized carbons (Fsp3) is 0.438. The van der Waals surface area contributed by atoms with Gasteiger partial charge in [0.2, 0.25) is 10.0 Å². The molecule has 0 bridgehead atoms. The first-order chi connectivity index (χ1) is 10.1. The van der Waals surface area contributed by atoms with Crippen molar-refractivity contribution in [2.24, 2.45) is 7.05 Å². The molecule has 22 heavy (non-hydrogen) atoms. The number of benzene rings is 1. The predicted molar refractivity (Wildman–Crippen MR) is 87.3 cm³/mol. The number of nitrogens with zero attached hydrogens (tertiary/aromatic N) is 2. The lowest BCUT2D eigenvalue weighted by atomic mass is 10.0. The molecule has 120 valence electrons. The minimum Gasteiger partial charge on any atom is -0.271 e. The molecule has 2 rings (SSSR count). The molecule has 0 saturated heterocycles. The monoisotopic (exact) mass is 321 g/mol. The molecule has 0 fully saturated rings. The maximum atomic E-state index is 12.7. The first-order valence-corrected chi connectivity index (χ1v) is 8.71. The van der Waals surface area contributed by atoms with Crippen molar-refractivity contribution < 1.29 is 8.42 Å². The summed E-state index contributed by atoms with van der Waals surface area (Å²) in [5, 5.41) is 4.18. The average Bonchev–Trinajstić information content (AvgIpc) is 2.62. The van der Waals surface area contributed by atoms with Crippen molar-refractivity contribution >= 4 is 10.0 Å². The summed E-state index contributed by atoms with van der Waals surface area (Å²) in [6, 6.07) is 5.72. The van der Waals surface area contributed by atoms with E-state index < -0.39 is 10.0 Å². The number of sulfonamides is 1. The highest BCUT2D eigenvalue weighted by Gasteiger charge is 2.26. The Hall–Kier alpha value is -1.66. The fourth-order valence-corrected chi connectivity index (χ4v) is 4.47. The largest absolute Gasteiger partial charge is 0.271 e. The van der Waals surface area contributed by atoms with E-state index in [4.69, 9.17) is 0 Å². The SMILES string of the molecule is Cc1ccc(C(C)NS(=O)(=O)c2c(C)nn(C)c2C)c(C)c1. The van der Waals surface area contributed by atoms with Gasteiger partial charge < -0.3 is 0 Å². The average molecular weight is 321 g/mol. The first-order valence-electron chi connectivity index (χ1n) is 7.23. The van der Waals surface area contributed by atoms with Gasteiger partial charge in [0.05, 0.1) is 11.4 Å². The molecular weight excluding hydrogens is 298 g/mol. The van der Waals surface area contributed by atoms with Crippen molar-refractivity contribution in [2.45, 2.75) is 45.6 Å². The minimum absolute atomic E-state index is 0.270. The predicted octanol–water partition coefficient (Wildman–Crippen LogP) is 2.69. The van der Waals surface area contributed by atoms with Crippen molar-refractivity contribution in [3.8, 4) is 0 Å². The Balaban J connectivity index is 2.36. The molecule has 1 unspecified atom stereocenters.